The number of ether oxygens (including phenoxy) is 2. The van der Waals surface area contributed by atoms with Crippen LogP contribution in [0.1, 0.15) is 72.4 Å². The summed E-state index contributed by atoms with van der Waals surface area (Å²) < 4.78 is 17.2. The van der Waals surface area contributed by atoms with Crippen molar-refractivity contribution in [2.24, 2.45) is 11.8 Å². The normalized spacial score (nSPS) is 15.0. The third-order valence-corrected chi connectivity index (χ3v) is 6.94. The molecule has 7 nitrogen and oxygen atoms in total. The molecule has 1 N–H and O–H groups in total. The average molecular weight is 534 g/mol. The summed E-state index contributed by atoms with van der Waals surface area (Å²) in [5, 5.41) is 7.14. The van der Waals surface area contributed by atoms with Gasteiger partial charge >= 0.3 is 0 Å². The summed E-state index contributed by atoms with van der Waals surface area (Å²) >= 11 is 0. The third-order valence-electron chi connectivity index (χ3n) is 6.94. The van der Waals surface area contributed by atoms with Gasteiger partial charge in [-0.2, -0.15) is 0 Å². The Kier molecular flexibility index (Phi) is 10.6. The third kappa shape index (κ3) is 8.94. The summed E-state index contributed by atoms with van der Waals surface area (Å²) in [5.74, 6) is 1.78. The van der Waals surface area contributed by atoms with Gasteiger partial charge in [0.15, 0.2) is 0 Å². The maximum absolute atomic E-state index is 13.1. The molecule has 2 aromatic carbocycles. The highest BCUT2D eigenvalue weighted by atomic mass is 16.5. The molecule has 1 amide bonds. The molecule has 0 radical (unpaired) electrons. The van der Waals surface area contributed by atoms with Crippen LogP contribution in [0.5, 0.6) is 5.75 Å². The van der Waals surface area contributed by atoms with E-state index in [2.05, 4.69) is 67.3 Å². The quantitative estimate of drug-likeness (QED) is 0.403. The van der Waals surface area contributed by atoms with Crippen molar-refractivity contribution < 1.29 is 18.8 Å². The van der Waals surface area contributed by atoms with Crippen LogP contribution in [0.4, 0.5) is 0 Å². The van der Waals surface area contributed by atoms with E-state index in [1.807, 2.05) is 18.2 Å². The van der Waals surface area contributed by atoms with Crippen molar-refractivity contribution in [1.29, 1.82) is 0 Å². The maximum Gasteiger partial charge on any atom is 0.251 e. The van der Waals surface area contributed by atoms with Crippen LogP contribution in [0.3, 0.4) is 0 Å². The highest BCUT2D eigenvalue weighted by Gasteiger charge is 2.15. The molecule has 0 aliphatic carbocycles. The standard InChI is InChI=1S/C32H43N3O4/c1-23(2)10-11-35-12-13-37-14-15-38-31-9-8-27(19-28(31)18-25-6-5-7-26(17-25)21-35)32(36)33-20-29-22-39-34-30(29)16-24(3)4/h5-9,17,19,22-24H,10-16,18,20-21H2,1-4H3,(H,33,36). The lowest BCUT2D eigenvalue weighted by atomic mass is 9.99. The number of rotatable bonds is 8. The first-order valence-corrected chi connectivity index (χ1v) is 14.2. The second-order valence-corrected chi connectivity index (χ2v) is 11.3. The van der Waals surface area contributed by atoms with Crippen molar-refractivity contribution >= 4 is 5.91 Å². The Bertz CT molecular complexity index is 1200. The number of nitrogens with zero attached hydrogens (tertiary/aromatic N) is 2. The first-order chi connectivity index (χ1) is 18.9. The predicted octanol–water partition coefficient (Wildman–Crippen LogP) is 5.65. The van der Waals surface area contributed by atoms with E-state index in [4.69, 9.17) is 14.0 Å². The first-order valence-electron chi connectivity index (χ1n) is 14.2. The Labute approximate surface area is 232 Å². The van der Waals surface area contributed by atoms with Crippen LogP contribution in [0.15, 0.2) is 53.3 Å². The molecule has 0 saturated heterocycles. The number of hydrogen-bond acceptors (Lipinski definition) is 6. The lowest BCUT2D eigenvalue weighted by Crippen LogP contribution is -2.29. The Hall–Kier alpha value is -3.16. The van der Waals surface area contributed by atoms with Gasteiger partial charge < -0.3 is 19.3 Å². The lowest BCUT2D eigenvalue weighted by molar-refractivity contribution is 0.0764. The maximum atomic E-state index is 13.1. The van der Waals surface area contributed by atoms with E-state index >= 15 is 0 Å². The fourth-order valence-corrected chi connectivity index (χ4v) is 4.79. The number of carbonyl (C=O) groups excluding carboxylic acids is 1. The van der Waals surface area contributed by atoms with Gasteiger partial charge in [-0.05, 0) is 66.1 Å². The van der Waals surface area contributed by atoms with Crippen LogP contribution in [-0.2, 0) is 30.7 Å². The number of aromatic nitrogens is 1. The van der Waals surface area contributed by atoms with Crippen molar-refractivity contribution in [3.63, 3.8) is 0 Å². The van der Waals surface area contributed by atoms with Crippen LogP contribution >= 0.6 is 0 Å². The van der Waals surface area contributed by atoms with Crippen LogP contribution in [-0.4, -0.2) is 48.9 Å². The largest absolute Gasteiger partial charge is 0.491 e. The molecule has 0 spiro atoms. The highest BCUT2D eigenvalue weighted by Crippen LogP contribution is 2.25. The molecule has 7 heteroatoms. The SMILES string of the molecule is CC(C)CCN1CCOCCOc2ccc(C(=O)NCc3conc3CC(C)C)cc2Cc2cccc(c2)C1. The van der Waals surface area contributed by atoms with Crippen molar-refractivity contribution in [3.05, 3.63) is 82.2 Å². The second-order valence-electron chi connectivity index (χ2n) is 11.3. The zero-order valence-electron chi connectivity index (χ0n) is 23.9. The summed E-state index contributed by atoms with van der Waals surface area (Å²) in [6.45, 7) is 13.7. The van der Waals surface area contributed by atoms with Gasteiger partial charge in [-0.25, -0.2) is 0 Å². The summed E-state index contributed by atoms with van der Waals surface area (Å²) in [6.07, 6.45) is 4.28. The number of benzene rings is 2. The summed E-state index contributed by atoms with van der Waals surface area (Å²) in [4.78, 5) is 15.6. The average Bonchev–Trinajstić information content (AvgIpc) is 3.34. The van der Waals surface area contributed by atoms with Crippen LogP contribution in [0.25, 0.3) is 0 Å². The van der Waals surface area contributed by atoms with Gasteiger partial charge in [-0.15, -0.1) is 0 Å². The molecular weight excluding hydrogens is 490 g/mol. The van der Waals surface area contributed by atoms with E-state index in [9.17, 15) is 4.79 Å². The summed E-state index contributed by atoms with van der Waals surface area (Å²) in [5.41, 5.74) is 5.89. The molecule has 39 heavy (non-hydrogen) atoms. The van der Waals surface area contributed by atoms with Crippen LogP contribution < -0.4 is 10.1 Å². The van der Waals surface area contributed by atoms with Gasteiger partial charge in [0.1, 0.15) is 18.6 Å². The number of nitrogens with one attached hydrogen (secondary N) is 1. The fourth-order valence-electron chi connectivity index (χ4n) is 4.79. The molecule has 1 aromatic heterocycles. The van der Waals surface area contributed by atoms with E-state index in [0.29, 0.717) is 50.2 Å². The molecular formula is C32H43N3O4. The zero-order chi connectivity index (χ0) is 27.6. The number of fused-ring (bicyclic) bond motifs is 3. The molecule has 0 fully saturated rings. The van der Waals surface area contributed by atoms with Gasteiger partial charge in [0, 0.05) is 37.2 Å². The highest BCUT2D eigenvalue weighted by molar-refractivity contribution is 5.94. The topological polar surface area (TPSA) is 76.8 Å². The molecule has 2 bridgehead atoms. The minimum Gasteiger partial charge on any atom is -0.491 e. The van der Waals surface area contributed by atoms with Crippen molar-refractivity contribution in [2.75, 3.05) is 32.9 Å². The molecule has 210 valence electrons. The van der Waals surface area contributed by atoms with Crippen molar-refractivity contribution in [2.45, 2.75) is 60.0 Å². The summed E-state index contributed by atoms with van der Waals surface area (Å²) in [7, 11) is 0. The van der Waals surface area contributed by atoms with E-state index in [1.165, 1.54) is 11.1 Å². The Morgan fingerprint density at radius 3 is 2.69 bits per heavy atom. The monoisotopic (exact) mass is 533 g/mol. The van der Waals surface area contributed by atoms with Gasteiger partial charge in [-0.3, -0.25) is 9.69 Å². The van der Waals surface area contributed by atoms with E-state index in [0.717, 1.165) is 55.0 Å². The Morgan fingerprint density at radius 2 is 1.87 bits per heavy atom. The Morgan fingerprint density at radius 1 is 1.03 bits per heavy atom. The molecule has 0 unspecified atom stereocenters. The predicted molar refractivity (Wildman–Crippen MR) is 153 cm³/mol. The molecule has 2 heterocycles. The fraction of sp³-hybridized carbons (Fsp3) is 0.500. The number of amides is 1. The van der Waals surface area contributed by atoms with E-state index < -0.39 is 0 Å². The van der Waals surface area contributed by atoms with E-state index in [1.54, 1.807) is 6.26 Å². The molecule has 1 aliphatic rings. The molecule has 0 saturated carbocycles. The first kappa shape index (κ1) is 28.8. The zero-order valence-corrected chi connectivity index (χ0v) is 23.9. The van der Waals surface area contributed by atoms with Crippen molar-refractivity contribution in [1.82, 2.24) is 15.4 Å². The molecule has 1 aliphatic heterocycles. The van der Waals surface area contributed by atoms with Gasteiger partial charge in [0.2, 0.25) is 0 Å². The van der Waals surface area contributed by atoms with Gasteiger partial charge in [-0.1, -0.05) is 57.1 Å². The summed E-state index contributed by atoms with van der Waals surface area (Å²) in [6, 6.07) is 14.4. The minimum absolute atomic E-state index is 0.133. The minimum atomic E-state index is -0.133. The number of hydrogen-bond donors (Lipinski definition) is 1. The Balaban J connectivity index is 1.50. The number of carbonyl (C=O) groups is 1. The molecule has 3 aromatic rings. The van der Waals surface area contributed by atoms with E-state index in [-0.39, 0.29) is 5.91 Å². The van der Waals surface area contributed by atoms with Gasteiger partial charge in [0.05, 0.1) is 18.9 Å². The molecule has 0 atom stereocenters. The lowest BCUT2D eigenvalue weighted by Gasteiger charge is -2.24. The second kappa shape index (κ2) is 14.3. The smallest absolute Gasteiger partial charge is 0.251 e. The van der Waals surface area contributed by atoms with Crippen molar-refractivity contribution in [3.8, 4) is 5.75 Å². The molecule has 4 rings (SSSR count). The van der Waals surface area contributed by atoms with Crippen LogP contribution in [0, 0.1) is 11.8 Å². The van der Waals surface area contributed by atoms with Gasteiger partial charge in [0.25, 0.3) is 5.91 Å². The van der Waals surface area contributed by atoms with Crippen LogP contribution in [0.2, 0.25) is 0 Å².